The van der Waals surface area contributed by atoms with Crippen molar-refractivity contribution in [2.45, 2.75) is 6.18 Å². The summed E-state index contributed by atoms with van der Waals surface area (Å²) < 4.78 is 44.4. The number of H-pyrrole nitrogens is 1. The van der Waals surface area contributed by atoms with Crippen molar-refractivity contribution in [1.29, 1.82) is 0 Å². The van der Waals surface area contributed by atoms with Crippen molar-refractivity contribution in [2.75, 3.05) is 0 Å². The zero-order valence-corrected chi connectivity index (χ0v) is 14.2. The summed E-state index contributed by atoms with van der Waals surface area (Å²) in [6, 6.07) is 12.1. The lowest BCUT2D eigenvalue weighted by molar-refractivity contribution is -0.137. The Morgan fingerprint density at radius 1 is 0.821 bits per heavy atom. The van der Waals surface area contributed by atoms with Gasteiger partial charge in [-0.25, -0.2) is 0 Å². The van der Waals surface area contributed by atoms with Crippen LogP contribution in [0.3, 0.4) is 0 Å². The molecule has 0 amide bonds. The number of benzene rings is 2. The minimum absolute atomic E-state index is 0.0405. The zero-order valence-electron chi connectivity index (χ0n) is 14.2. The number of rotatable bonds is 2. The van der Waals surface area contributed by atoms with Gasteiger partial charge in [0, 0.05) is 23.2 Å². The second-order valence-electron chi connectivity index (χ2n) is 6.19. The lowest BCUT2D eigenvalue weighted by Gasteiger charge is -2.08. The first-order valence-corrected chi connectivity index (χ1v) is 8.37. The number of aromatic amines is 1. The van der Waals surface area contributed by atoms with Gasteiger partial charge < -0.3 is 9.72 Å². The van der Waals surface area contributed by atoms with Crippen LogP contribution in [0.2, 0.25) is 0 Å². The van der Waals surface area contributed by atoms with Gasteiger partial charge in [-0.1, -0.05) is 6.07 Å². The summed E-state index contributed by atoms with van der Waals surface area (Å²) in [4.78, 5) is 16.3. The maximum Gasteiger partial charge on any atom is 0.416 e. The topological polar surface area (TPSA) is 63.7 Å². The summed E-state index contributed by atoms with van der Waals surface area (Å²) >= 11 is 0. The molecule has 5 nitrogen and oxygen atoms in total. The molecule has 0 fully saturated rings. The van der Waals surface area contributed by atoms with Crippen LogP contribution in [0.25, 0.3) is 32.8 Å². The van der Waals surface area contributed by atoms with Crippen LogP contribution in [0.15, 0.2) is 60.9 Å². The molecule has 5 aromatic rings. The average Bonchev–Trinajstić information content (AvgIpc) is 3.12. The third-order valence-corrected chi connectivity index (χ3v) is 4.42. The van der Waals surface area contributed by atoms with Crippen LogP contribution in [-0.4, -0.2) is 19.9 Å². The SMILES string of the molecule is FC(F)(F)c1cccc(Oc2nc3c4cccnc4c4ncccc4c3[nH]2)c1. The van der Waals surface area contributed by atoms with Crippen LogP contribution in [0.5, 0.6) is 11.8 Å². The molecule has 1 N–H and O–H groups in total. The van der Waals surface area contributed by atoms with Crippen LogP contribution < -0.4 is 4.74 Å². The van der Waals surface area contributed by atoms with E-state index in [0.29, 0.717) is 22.1 Å². The van der Waals surface area contributed by atoms with Gasteiger partial charge in [0.15, 0.2) is 0 Å². The highest BCUT2D eigenvalue weighted by Crippen LogP contribution is 2.35. The number of nitrogens with zero attached hydrogens (tertiary/aromatic N) is 3. The van der Waals surface area contributed by atoms with E-state index >= 15 is 0 Å². The number of imidazole rings is 1. The Kier molecular flexibility index (Phi) is 3.48. The zero-order chi connectivity index (χ0) is 19.3. The molecule has 0 radical (unpaired) electrons. The molecule has 3 aromatic heterocycles. The maximum absolute atomic E-state index is 12.9. The molecule has 5 rings (SSSR count). The number of pyridine rings is 2. The predicted octanol–water partition coefficient (Wildman–Crippen LogP) is 5.47. The minimum Gasteiger partial charge on any atom is -0.426 e. The molecule has 0 aliphatic rings. The van der Waals surface area contributed by atoms with E-state index in [9.17, 15) is 13.2 Å². The number of hydrogen-bond acceptors (Lipinski definition) is 4. The van der Waals surface area contributed by atoms with Gasteiger partial charge in [-0.15, -0.1) is 0 Å². The summed E-state index contributed by atoms with van der Waals surface area (Å²) in [6.07, 6.45) is -1.09. The van der Waals surface area contributed by atoms with Crippen LogP contribution in [0, 0.1) is 0 Å². The van der Waals surface area contributed by atoms with Gasteiger partial charge in [0.05, 0.1) is 22.1 Å². The van der Waals surface area contributed by atoms with E-state index in [4.69, 9.17) is 4.74 Å². The molecule has 0 aliphatic heterocycles. The molecular weight excluding hydrogens is 369 g/mol. The van der Waals surface area contributed by atoms with Crippen LogP contribution >= 0.6 is 0 Å². The predicted molar refractivity (Wildman–Crippen MR) is 98.2 cm³/mol. The second kappa shape index (κ2) is 5.91. The van der Waals surface area contributed by atoms with Crippen molar-refractivity contribution in [1.82, 2.24) is 19.9 Å². The Hall–Kier alpha value is -3.68. The fraction of sp³-hybridized carbons (Fsp3) is 0.0500. The van der Waals surface area contributed by atoms with Gasteiger partial charge in [-0.3, -0.25) is 9.97 Å². The molecule has 8 heteroatoms. The normalized spacial score (nSPS) is 12.1. The lowest BCUT2D eigenvalue weighted by Crippen LogP contribution is -2.04. The van der Waals surface area contributed by atoms with E-state index in [-0.39, 0.29) is 11.8 Å². The van der Waals surface area contributed by atoms with Crippen molar-refractivity contribution in [3.63, 3.8) is 0 Å². The molecule has 138 valence electrons. The van der Waals surface area contributed by atoms with Crippen molar-refractivity contribution < 1.29 is 17.9 Å². The van der Waals surface area contributed by atoms with Gasteiger partial charge in [-0.2, -0.15) is 18.2 Å². The van der Waals surface area contributed by atoms with Crippen LogP contribution in [-0.2, 0) is 6.18 Å². The monoisotopic (exact) mass is 380 g/mol. The quantitative estimate of drug-likeness (QED) is 0.413. The number of ether oxygens (including phenoxy) is 1. The average molecular weight is 380 g/mol. The molecule has 0 saturated carbocycles. The molecule has 0 atom stereocenters. The Morgan fingerprint density at radius 3 is 2.29 bits per heavy atom. The highest BCUT2D eigenvalue weighted by atomic mass is 19.4. The summed E-state index contributed by atoms with van der Waals surface area (Å²) in [6.45, 7) is 0. The summed E-state index contributed by atoms with van der Waals surface area (Å²) in [7, 11) is 0. The van der Waals surface area contributed by atoms with Gasteiger partial charge in [0.2, 0.25) is 0 Å². The number of aromatic nitrogens is 4. The Labute approximate surface area is 155 Å². The van der Waals surface area contributed by atoms with E-state index in [1.807, 2.05) is 12.1 Å². The molecular formula is C20H11F3N4O. The first-order chi connectivity index (χ1) is 13.5. The minimum atomic E-state index is -4.45. The molecule has 2 aromatic carbocycles. The molecule has 28 heavy (non-hydrogen) atoms. The number of nitrogens with one attached hydrogen (secondary N) is 1. The number of halogens is 3. The standard InChI is InChI=1S/C20H11F3N4O/c21-20(22,23)11-4-1-5-12(10-11)28-19-26-17-13-6-2-8-24-15(13)16-14(18(17)27-19)7-3-9-25-16/h1-10H,(H,26,27). The van der Waals surface area contributed by atoms with Crippen LogP contribution in [0.4, 0.5) is 13.2 Å². The molecule has 0 unspecified atom stereocenters. The summed E-state index contributed by atoms with van der Waals surface area (Å²) in [5.74, 6) is 0.0405. The number of fused-ring (bicyclic) bond motifs is 6. The van der Waals surface area contributed by atoms with Crippen molar-refractivity contribution in [2.24, 2.45) is 0 Å². The van der Waals surface area contributed by atoms with Gasteiger partial charge in [0.1, 0.15) is 11.3 Å². The lowest BCUT2D eigenvalue weighted by atomic mass is 10.1. The van der Waals surface area contributed by atoms with E-state index in [1.165, 1.54) is 12.1 Å². The summed E-state index contributed by atoms with van der Waals surface area (Å²) in [5.41, 5.74) is 1.92. The van der Waals surface area contributed by atoms with Crippen molar-refractivity contribution in [3.8, 4) is 11.8 Å². The molecule has 0 spiro atoms. The van der Waals surface area contributed by atoms with Crippen LogP contribution in [0.1, 0.15) is 5.56 Å². The fourth-order valence-electron chi connectivity index (χ4n) is 3.22. The Bertz CT molecular complexity index is 1270. The third kappa shape index (κ3) is 2.61. The molecule has 0 saturated heterocycles. The molecule has 0 aliphatic carbocycles. The van der Waals surface area contributed by atoms with E-state index in [2.05, 4.69) is 19.9 Å². The first kappa shape index (κ1) is 16.5. The molecule has 3 heterocycles. The third-order valence-electron chi connectivity index (χ3n) is 4.42. The van der Waals surface area contributed by atoms with Gasteiger partial charge >= 0.3 is 6.18 Å². The van der Waals surface area contributed by atoms with Crippen molar-refractivity contribution in [3.05, 3.63) is 66.5 Å². The highest BCUT2D eigenvalue weighted by Gasteiger charge is 2.30. The second-order valence-corrected chi connectivity index (χ2v) is 6.19. The smallest absolute Gasteiger partial charge is 0.416 e. The maximum atomic E-state index is 12.9. The largest absolute Gasteiger partial charge is 0.426 e. The van der Waals surface area contributed by atoms with Gasteiger partial charge in [0.25, 0.3) is 6.01 Å². The first-order valence-electron chi connectivity index (χ1n) is 8.37. The van der Waals surface area contributed by atoms with E-state index < -0.39 is 11.7 Å². The highest BCUT2D eigenvalue weighted by molar-refractivity contribution is 6.20. The van der Waals surface area contributed by atoms with E-state index in [1.54, 1.807) is 24.5 Å². The molecule has 0 bridgehead atoms. The van der Waals surface area contributed by atoms with Crippen molar-refractivity contribution >= 4 is 32.8 Å². The Balaban J connectivity index is 1.69. The summed E-state index contributed by atoms with van der Waals surface area (Å²) in [5, 5.41) is 1.58. The van der Waals surface area contributed by atoms with Gasteiger partial charge in [-0.05, 0) is 42.5 Å². The Morgan fingerprint density at radius 2 is 1.54 bits per heavy atom. The number of alkyl halides is 3. The fourth-order valence-corrected chi connectivity index (χ4v) is 3.22. The van der Waals surface area contributed by atoms with E-state index in [0.717, 1.165) is 22.9 Å². The number of hydrogen-bond donors (Lipinski definition) is 1.